The van der Waals surface area contributed by atoms with E-state index in [0.29, 0.717) is 18.8 Å². The highest BCUT2D eigenvalue weighted by Crippen LogP contribution is 1.97. The van der Waals surface area contributed by atoms with Gasteiger partial charge in [-0.3, -0.25) is 9.78 Å². The average Bonchev–Trinajstić information content (AvgIpc) is 2.16. The Morgan fingerprint density at radius 3 is 3.08 bits per heavy atom. The Balaban J connectivity index is 2.37. The molecule has 0 unspecified atom stereocenters. The molecular formula is C8H11N3O2. The summed E-state index contributed by atoms with van der Waals surface area (Å²) < 4.78 is 4.75. The van der Waals surface area contributed by atoms with Gasteiger partial charge in [-0.25, -0.2) is 4.98 Å². The predicted octanol–water partition coefficient (Wildman–Crippen LogP) is 0.452. The van der Waals surface area contributed by atoms with Gasteiger partial charge in [0, 0.05) is 19.5 Å². The number of anilines is 1. The number of rotatable bonds is 4. The molecule has 0 radical (unpaired) electrons. The van der Waals surface area contributed by atoms with Crippen molar-refractivity contribution in [3.05, 3.63) is 18.6 Å². The Bertz CT molecular complexity index is 263. The van der Waals surface area contributed by atoms with Crippen LogP contribution in [0.25, 0.3) is 0 Å². The van der Waals surface area contributed by atoms with E-state index in [1.165, 1.54) is 12.4 Å². The van der Waals surface area contributed by atoms with E-state index in [2.05, 4.69) is 15.3 Å². The zero-order valence-electron chi connectivity index (χ0n) is 7.36. The lowest BCUT2D eigenvalue weighted by atomic mass is 10.4. The predicted molar refractivity (Wildman–Crippen MR) is 47.2 cm³/mol. The van der Waals surface area contributed by atoms with Gasteiger partial charge >= 0.3 is 0 Å². The maximum atomic E-state index is 11.1. The smallest absolute Gasteiger partial charge is 0.227 e. The van der Waals surface area contributed by atoms with Crippen molar-refractivity contribution in [3.63, 3.8) is 0 Å². The Labute approximate surface area is 76.2 Å². The lowest BCUT2D eigenvalue weighted by molar-refractivity contribution is -0.117. The van der Waals surface area contributed by atoms with Crippen LogP contribution in [0.3, 0.4) is 0 Å². The first-order chi connectivity index (χ1) is 6.33. The molecule has 70 valence electrons. The maximum Gasteiger partial charge on any atom is 0.227 e. The molecule has 0 bridgehead atoms. The van der Waals surface area contributed by atoms with Crippen LogP contribution in [0, 0.1) is 0 Å². The summed E-state index contributed by atoms with van der Waals surface area (Å²) >= 11 is 0. The van der Waals surface area contributed by atoms with Crippen LogP contribution < -0.4 is 5.32 Å². The molecule has 0 aliphatic rings. The summed E-state index contributed by atoms with van der Waals surface area (Å²) in [5.74, 6) is 0.339. The number of nitrogens with zero attached hydrogens (tertiary/aromatic N) is 2. The Morgan fingerprint density at radius 2 is 2.46 bits per heavy atom. The molecule has 1 amide bonds. The molecule has 0 fully saturated rings. The van der Waals surface area contributed by atoms with Crippen molar-refractivity contribution in [2.75, 3.05) is 19.0 Å². The van der Waals surface area contributed by atoms with Crippen LogP contribution in [0.2, 0.25) is 0 Å². The van der Waals surface area contributed by atoms with Crippen LogP contribution in [0.15, 0.2) is 18.6 Å². The summed E-state index contributed by atoms with van der Waals surface area (Å²) in [5.41, 5.74) is 0. The minimum Gasteiger partial charge on any atom is -0.384 e. The number of aromatic nitrogens is 2. The largest absolute Gasteiger partial charge is 0.384 e. The third-order valence-corrected chi connectivity index (χ3v) is 1.36. The Morgan fingerprint density at radius 1 is 1.62 bits per heavy atom. The molecule has 0 atom stereocenters. The second kappa shape index (κ2) is 5.21. The molecule has 0 spiro atoms. The van der Waals surface area contributed by atoms with Crippen molar-refractivity contribution < 1.29 is 9.53 Å². The summed E-state index contributed by atoms with van der Waals surface area (Å²) in [7, 11) is 1.55. The monoisotopic (exact) mass is 181 g/mol. The number of amides is 1. The first-order valence-corrected chi connectivity index (χ1v) is 3.87. The number of hydrogen-bond donors (Lipinski definition) is 1. The minimum atomic E-state index is -0.123. The fraction of sp³-hybridized carbons (Fsp3) is 0.375. The van der Waals surface area contributed by atoms with E-state index in [4.69, 9.17) is 4.74 Å². The van der Waals surface area contributed by atoms with E-state index in [-0.39, 0.29) is 5.91 Å². The Hall–Kier alpha value is -1.49. The maximum absolute atomic E-state index is 11.1. The normalized spacial score (nSPS) is 9.62. The topological polar surface area (TPSA) is 64.1 Å². The standard InChI is InChI=1S/C8H11N3O2/c1-13-5-2-8(12)11-7-6-9-3-4-10-7/h3-4,6H,2,5H2,1H3,(H,10,11,12). The number of nitrogens with one attached hydrogen (secondary N) is 1. The van der Waals surface area contributed by atoms with Crippen molar-refractivity contribution >= 4 is 11.7 Å². The van der Waals surface area contributed by atoms with Gasteiger partial charge in [-0.2, -0.15) is 0 Å². The van der Waals surface area contributed by atoms with Crippen LogP contribution in [0.1, 0.15) is 6.42 Å². The molecule has 0 aliphatic heterocycles. The van der Waals surface area contributed by atoms with Gasteiger partial charge in [0.1, 0.15) is 0 Å². The van der Waals surface area contributed by atoms with Crippen molar-refractivity contribution in [3.8, 4) is 0 Å². The Kier molecular flexibility index (Phi) is 3.84. The zero-order valence-corrected chi connectivity index (χ0v) is 7.36. The molecule has 0 aliphatic carbocycles. The quantitative estimate of drug-likeness (QED) is 0.732. The lowest BCUT2D eigenvalue weighted by Gasteiger charge is -2.01. The second-order valence-electron chi connectivity index (χ2n) is 2.38. The zero-order chi connectivity index (χ0) is 9.52. The van der Waals surface area contributed by atoms with Crippen molar-refractivity contribution in [2.24, 2.45) is 0 Å². The molecule has 1 heterocycles. The van der Waals surface area contributed by atoms with E-state index in [1.54, 1.807) is 13.3 Å². The van der Waals surface area contributed by atoms with Gasteiger partial charge < -0.3 is 10.1 Å². The second-order valence-corrected chi connectivity index (χ2v) is 2.38. The summed E-state index contributed by atoms with van der Waals surface area (Å²) in [5, 5.41) is 2.58. The van der Waals surface area contributed by atoms with Crippen molar-refractivity contribution in [2.45, 2.75) is 6.42 Å². The van der Waals surface area contributed by atoms with Gasteiger partial charge in [0.2, 0.25) is 5.91 Å². The molecule has 0 saturated heterocycles. The fourth-order valence-electron chi connectivity index (χ4n) is 0.764. The molecular weight excluding hydrogens is 170 g/mol. The summed E-state index contributed by atoms with van der Waals surface area (Å²) in [6.45, 7) is 0.409. The SMILES string of the molecule is COCCC(=O)Nc1cnccn1. The first-order valence-electron chi connectivity index (χ1n) is 3.87. The van der Waals surface area contributed by atoms with E-state index < -0.39 is 0 Å². The van der Waals surface area contributed by atoms with Crippen LogP contribution >= 0.6 is 0 Å². The van der Waals surface area contributed by atoms with Gasteiger partial charge in [0.15, 0.2) is 5.82 Å². The van der Waals surface area contributed by atoms with Gasteiger partial charge in [-0.1, -0.05) is 0 Å². The summed E-state index contributed by atoms with van der Waals surface area (Å²) in [6, 6.07) is 0. The molecule has 1 aromatic heterocycles. The first kappa shape index (κ1) is 9.60. The molecule has 1 N–H and O–H groups in total. The molecule has 13 heavy (non-hydrogen) atoms. The van der Waals surface area contributed by atoms with Gasteiger partial charge in [0.05, 0.1) is 19.2 Å². The van der Waals surface area contributed by atoms with Gasteiger partial charge in [-0.15, -0.1) is 0 Å². The molecule has 0 aromatic carbocycles. The highest BCUT2D eigenvalue weighted by atomic mass is 16.5. The molecule has 1 rings (SSSR count). The average molecular weight is 181 g/mol. The minimum absolute atomic E-state index is 0.123. The van der Waals surface area contributed by atoms with Crippen LogP contribution in [0.4, 0.5) is 5.82 Å². The number of carbonyl (C=O) groups excluding carboxylic acids is 1. The van der Waals surface area contributed by atoms with Gasteiger partial charge in [-0.05, 0) is 0 Å². The van der Waals surface area contributed by atoms with E-state index in [1.807, 2.05) is 0 Å². The summed E-state index contributed by atoms with van der Waals surface area (Å²) in [6.07, 6.45) is 4.88. The molecule has 1 aromatic rings. The van der Waals surface area contributed by atoms with Crippen molar-refractivity contribution in [1.82, 2.24) is 9.97 Å². The number of methoxy groups -OCH3 is 1. The van der Waals surface area contributed by atoms with Crippen LogP contribution in [0.5, 0.6) is 0 Å². The highest BCUT2D eigenvalue weighted by molar-refractivity contribution is 5.89. The third-order valence-electron chi connectivity index (χ3n) is 1.36. The fourth-order valence-corrected chi connectivity index (χ4v) is 0.764. The lowest BCUT2D eigenvalue weighted by Crippen LogP contribution is -2.14. The molecule has 0 saturated carbocycles. The number of carbonyl (C=O) groups is 1. The number of ether oxygens (including phenoxy) is 1. The summed E-state index contributed by atoms with van der Waals surface area (Å²) in [4.78, 5) is 18.8. The third kappa shape index (κ3) is 3.62. The highest BCUT2D eigenvalue weighted by Gasteiger charge is 2.01. The van der Waals surface area contributed by atoms with Gasteiger partial charge in [0.25, 0.3) is 0 Å². The van der Waals surface area contributed by atoms with E-state index in [0.717, 1.165) is 0 Å². The van der Waals surface area contributed by atoms with Crippen LogP contribution in [-0.4, -0.2) is 29.6 Å². The van der Waals surface area contributed by atoms with E-state index >= 15 is 0 Å². The number of hydrogen-bond acceptors (Lipinski definition) is 4. The van der Waals surface area contributed by atoms with E-state index in [9.17, 15) is 4.79 Å². The molecule has 5 nitrogen and oxygen atoms in total. The van der Waals surface area contributed by atoms with Crippen molar-refractivity contribution in [1.29, 1.82) is 0 Å². The van der Waals surface area contributed by atoms with Crippen LogP contribution in [-0.2, 0) is 9.53 Å². The molecule has 5 heteroatoms.